The Balaban J connectivity index is 1.84. The molecule has 0 radical (unpaired) electrons. The van der Waals surface area contributed by atoms with Gasteiger partial charge in [-0.15, -0.1) is 0 Å². The number of ether oxygens (including phenoxy) is 1. The Labute approximate surface area is 117 Å². The Morgan fingerprint density at radius 2 is 2.25 bits per heavy atom. The lowest BCUT2D eigenvalue weighted by atomic mass is 10.1. The van der Waals surface area contributed by atoms with Gasteiger partial charge in [0.15, 0.2) is 0 Å². The lowest BCUT2D eigenvalue weighted by Gasteiger charge is -2.12. The van der Waals surface area contributed by atoms with E-state index >= 15 is 0 Å². The van der Waals surface area contributed by atoms with Gasteiger partial charge in [0.2, 0.25) is 5.89 Å². The van der Waals surface area contributed by atoms with Crippen LogP contribution < -0.4 is 5.32 Å². The van der Waals surface area contributed by atoms with E-state index in [4.69, 9.17) is 9.15 Å². The molecule has 0 bridgehead atoms. The molecule has 0 spiro atoms. The van der Waals surface area contributed by atoms with Gasteiger partial charge < -0.3 is 14.5 Å². The maximum absolute atomic E-state index is 12.1. The number of amides is 1. The van der Waals surface area contributed by atoms with Gasteiger partial charge in [-0.3, -0.25) is 4.79 Å². The standard InChI is InChI=1S/C15H16N2O3/c1-10-9-16-15(20-10)11-5-2-3-6-12(11)17-14(18)13-7-4-8-19-13/h2-3,5-6,9,13H,4,7-8H2,1H3,(H,17,18)/t13-/m1/s1. The first-order valence-corrected chi connectivity index (χ1v) is 6.68. The molecule has 1 aliphatic rings. The number of nitrogens with zero attached hydrogens (tertiary/aromatic N) is 1. The smallest absolute Gasteiger partial charge is 0.253 e. The molecule has 1 amide bonds. The molecule has 0 saturated carbocycles. The molecule has 1 aromatic heterocycles. The second kappa shape index (κ2) is 5.46. The van der Waals surface area contributed by atoms with E-state index in [2.05, 4.69) is 10.3 Å². The van der Waals surface area contributed by atoms with Crippen LogP contribution in [0.5, 0.6) is 0 Å². The summed E-state index contributed by atoms with van der Waals surface area (Å²) in [5.74, 6) is 1.13. The molecular weight excluding hydrogens is 256 g/mol. The Hall–Kier alpha value is -2.14. The number of anilines is 1. The number of nitrogens with one attached hydrogen (secondary N) is 1. The zero-order chi connectivity index (χ0) is 13.9. The zero-order valence-corrected chi connectivity index (χ0v) is 11.3. The third-order valence-corrected chi connectivity index (χ3v) is 3.26. The Morgan fingerprint density at radius 1 is 1.40 bits per heavy atom. The molecule has 1 atom stereocenters. The highest BCUT2D eigenvalue weighted by Crippen LogP contribution is 2.28. The van der Waals surface area contributed by atoms with E-state index in [1.807, 2.05) is 31.2 Å². The van der Waals surface area contributed by atoms with Crippen molar-refractivity contribution >= 4 is 11.6 Å². The van der Waals surface area contributed by atoms with Gasteiger partial charge in [0.25, 0.3) is 5.91 Å². The van der Waals surface area contributed by atoms with Crippen molar-refractivity contribution in [3.8, 4) is 11.5 Å². The number of benzene rings is 1. The molecule has 0 aliphatic carbocycles. The van der Waals surface area contributed by atoms with Gasteiger partial charge in [-0.1, -0.05) is 12.1 Å². The Kier molecular flexibility index (Phi) is 3.52. The normalized spacial score (nSPS) is 18.1. The summed E-state index contributed by atoms with van der Waals surface area (Å²) >= 11 is 0. The predicted molar refractivity (Wildman–Crippen MR) is 74.3 cm³/mol. The van der Waals surface area contributed by atoms with Gasteiger partial charge in [0.1, 0.15) is 11.9 Å². The minimum absolute atomic E-state index is 0.113. The van der Waals surface area contributed by atoms with E-state index in [0.717, 1.165) is 24.2 Å². The van der Waals surface area contributed by atoms with Crippen LogP contribution in [0.1, 0.15) is 18.6 Å². The van der Waals surface area contributed by atoms with Gasteiger partial charge in [0.05, 0.1) is 17.4 Å². The van der Waals surface area contributed by atoms with Crippen LogP contribution in [0, 0.1) is 6.92 Å². The molecule has 1 aliphatic heterocycles. The van der Waals surface area contributed by atoms with Gasteiger partial charge in [-0.25, -0.2) is 4.98 Å². The number of aromatic nitrogens is 1. The quantitative estimate of drug-likeness (QED) is 0.933. The SMILES string of the molecule is Cc1cnc(-c2ccccc2NC(=O)[C@H]2CCCO2)o1. The largest absolute Gasteiger partial charge is 0.441 e. The van der Waals surface area contributed by atoms with Gasteiger partial charge in [0, 0.05) is 6.61 Å². The maximum Gasteiger partial charge on any atom is 0.253 e. The van der Waals surface area contributed by atoms with Crippen LogP contribution in [-0.2, 0) is 9.53 Å². The molecule has 1 saturated heterocycles. The summed E-state index contributed by atoms with van der Waals surface area (Å²) in [6.07, 6.45) is 3.01. The molecule has 1 aromatic carbocycles. The number of hydrogen-bond donors (Lipinski definition) is 1. The van der Waals surface area contributed by atoms with Gasteiger partial charge in [-0.05, 0) is 31.9 Å². The van der Waals surface area contributed by atoms with E-state index < -0.39 is 0 Å². The molecule has 3 rings (SSSR count). The first-order valence-electron chi connectivity index (χ1n) is 6.68. The number of para-hydroxylation sites is 1. The second-order valence-corrected chi connectivity index (χ2v) is 4.81. The van der Waals surface area contributed by atoms with E-state index in [-0.39, 0.29) is 12.0 Å². The van der Waals surface area contributed by atoms with Crippen LogP contribution in [0.25, 0.3) is 11.5 Å². The van der Waals surface area contributed by atoms with Crippen molar-refractivity contribution in [2.24, 2.45) is 0 Å². The summed E-state index contributed by atoms with van der Waals surface area (Å²) < 4.78 is 10.9. The molecule has 104 valence electrons. The number of hydrogen-bond acceptors (Lipinski definition) is 4. The average molecular weight is 272 g/mol. The van der Waals surface area contributed by atoms with Gasteiger partial charge in [-0.2, -0.15) is 0 Å². The summed E-state index contributed by atoms with van der Waals surface area (Å²) in [6.45, 7) is 2.49. The average Bonchev–Trinajstić information content (AvgIpc) is 3.10. The number of aryl methyl sites for hydroxylation is 1. The van der Waals surface area contributed by atoms with Crippen molar-refractivity contribution in [3.63, 3.8) is 0 Å². The third kappa shape index (κ3) is 2.58. The van der Waals surface area contributed by atoms with Crippen LogP contribution in [0.2, 0.25) is 0 Å². The molecule has 1 fully saturated rings. The maximum atomic E-state index is 12.1. The molecule has 2 heterocycles. The number of carbonyl (C=O) groups excluding carboxylic acids is 1. The first-order chi connectivity index (χ1) is 9.74. The summed E-state index contributed by atoms with van der Waals surface area (Å²) in [5, 5.41) is 2.90. The molecule has 1 N–H and O–H groups in total. The third-order valence-electron chi connectivity index (χ3n) is 3.26. The van der Waals surface area contributed by atoms with Crippen molar-refractivity contribution in [1.29, 1.82) is 0 Å². The molecule has 5 heteroatoms. The van der Waals surface area contributed by atoms with Crippen molar-refractivity contribution in [2.45, 2.75) is 25.9 Å². The van der Waals surface area contributed by atoms with Gasteiger partial charge >= 0.3 is 0 Å². The highest BCUT2D eigenvalue weighted by atomic mass is 16.5. The molecule has 20 heavy (non-hydrogen) atoms. The number of oxazole rings is 1. The van der Waals surface area contributed by atoms with Crippen molar-refractivity contribution in [2.75, 3.05) is 11.9 Å². The predicted octanol–water partition coefficient (Wildman–Crippen LogP) is 2.77. The molecule has 0 unspecified atom stereocenters. The van der Waals surface area contributed by atoms with Crippen LogP contribution in [0.3, 0.4) is 0 Å². The summed E-state index contributed by atoms with van der Waals surface area (Å²) in [5.41, 5.74) is 1.46. The van der Waals surface area contributed by atoms with E-state index in [1.54, 1.807) is 6.20 Å². The number of carbonyl (C=O) groups is 1. The zero-order valence-electron chi connectivity index (χ0n) is 11.3. The molecular formula is C15H16N2O3. The molecule has 5 nitrogen and oxygen atoms in total. The lowest BCUT2D eigenvalue weighted by Crippen LogP contribution is -2.27. The fourth-order valence-corrected chi connectivity index (χ4v) is 2.26. The minimum atomic E-state index is -0.352. The van der Waals surface area contributed by atoms with Crippen LogP contribution in [0.4, 0.5) is 5.69 Å². The van der Waals surface area contributed by atoms with Crippen molar-refractivity contribution in [3.05, 3.63) is 36.2 Å². The lowest BCUT2D eigenvalue weighted by molar-refractivity contribution is -0.124. The fraction of sp³-hybridized carbons (Fsp3) is 0.333. The summed E-state index contributed by atoms with van der Waals surface area (Å²) in [4.78, 5) is 16.3. The monoisotopic (exact) mass is 272 g/mol. The Bertz CT molecular complexity index is 615. The van der Waals surface area contributed by atoms with Crippen molar-refractivity contribution in [1.82, 2.24) is 4.98 Å². The van der Waals surface area contributed by atoms with Crippen molar-refractivity contribution < 1.29 is 13.9 Å². The Morgan fingerprint density at radius 3 is 2.95 bits per heavy atom. The fourth-order valence-electron chi connectivity index (χ4n) is 2.26. The topological polar surface area (TPSA) is 64.4 Å². The highest BCUT2D eigenvalue weighted by Gasteiger charge is 2.24. The van der Waals surface area contributed by atoms with Crippen LogP contribution in [-0.4, -0.2) is 23.6 Å². The summed E-state index contributed by atoms with van der Waals surface area (Å²) in [7, 11) is 0. The van der Waals surface area contributed by atoms with E-state index in [0.29, 0.717) is 18.2 Å². The van der Waals surface area contributed by atoms with Crippen LogP contribution in [0.15, 0.2) is 34.9 Å². The first kappa shape index (κ1) is 12.9. The highest BCUT2D eigenvalue weighted by molar-refractivity contribution is 5.97. The van der Waals surface area contributed by atoms with E-state index in [9.17, 15) is 4.79 Å². The molecule has 2 aromatic rings. The number of rotatable bonds is 3. The van der Waals surface area contributed by atoms with E-state index in [1.165, 1.54) is 0 Å². The minimum Gasteiger partial charge on any atom is -0.441 e. The van der Waals surface area contributed by atoms with Crippen LogP contribution >= 0.6 is 0 Å². The second-order valence-electron chi connectivity index (χ2n) is 4.81. The summed E-state index contributed by atoms with van der Waals surface area (Å²) in [6, 6.07) is 7.46.